The highest BCUT2D eigenvalue weighted by Gasteiger charge is 2.21. The summed E-state index contributed by atoms with van der Waals surface area (Å²) in [6, 6.07) is 16.3. The first kappa shape index (κ1) is 14.0. The Bertz CT molecular complexity index is 749. The van der Waals surface area contributed by atoms with Gasteiger partial charge in [0.2, 0.25) is 0 Å². The van der Waals surface area contributed by atoms with Gasteiger partial charge in [-0.05, 0) is 11.6 Å². The first-order valence-electron chi connectivity index (χ1n) is 6.65. The number of halogens is 1. The van der Waals surface area contributed by atoms with Gasteiger partial charge in [0, 0.05) is 28.1 Å². The Balaban J connectivity index is 2.38. The number of hydrogen-bond acceptors (Lipinski definition) is 3. The monoisotopic (exact) mass is 389 g/mol. The molecule has 1 heterocycles. The van der Waals surface area contributed by atoms with Crippen LogP contribution in [0.2, 0.25) is 0 Å². The van der Waals surface area contributed by atoms with Crippen molar-refractivity contribution in [1.29, 1.82) is 0 Å². The molecule has 1 aliphatic heterocycles. The van der Waals surface area contributed by atoms with Crippen LogP contribution < -0.4 is 14.6 Å². The molecule has 0 aliphatic carbocycles. The van der Waals surface area contributed by atoms with Crippen LogP contribution in [0.1, 0.15) is 16.7 Å². The van der Waals surface area contributed by atoms with Crippen LogP contribution >= 0.6 is 22.9 Å². The smallest absolute Gasteiger partial charge is 0.0594 e. The maximum absolute atomic E-state index is 6.44. The molecule has 2 aromatic rings. The zero-order valence-electron chi connectivity index (χ0n) is 11.5. The van der Waals surface area contributed by atoms with Gasteiger partial charge in [0.1, 0.15) is 0 Å². The third-order valence-electron chi connectivity index (χ3n) is 3.64. The van der Waals surface area contributed by atoms with Crippen LogP contribution in [0, 0.1) is 0 Å². The number of para-hydroxylation sites is 1. The molecule has 0 aromatic heterocycles. The first-order chi connectivity index (χ1) is 10.1. The molecule has 1 aliphatic rings. The van der Waals surface area contributed by atoms with Crippen LogP contribution in [0.25, 0.3) is 11.3 Å². The number of nitrogens with two attached hydrogens (primary N) is 2. The molecule has 106 valence electrons. The summed E-state index contributed by atoms with van der Waals surface area (Å²) in [6.07, 6.45) is 0. The maximum Gasteiger partial charge on any atom is 0.0594 e. The number of fused-ring (bicyclic) bond motifs is 2. The summed E-state index contributed by atoms with van der Waals surface area (Å²) in [7, 11) is 0. The summed E-state index contributed by atoms with van der Waals surface area (Å²) < 4.78 is 2.18. The van der Waals surface area contributed by atoms with Crippen LogP contribution in [-0.4, -0.2) is 0 Å². The number of allylic oxidation sites excluding steroid dienone is 1. The van der Waals surface area contributed by atoms with Crippen molar-refractivity contribution in [2.45, 2.75) is 6.54 Å². The Morgan fingerprint density at radius 1 is 1.05 bits per heavy atom. The Morgan fingerprint density at radius 2 is 1.67 bits per heavy atom. The minimum atomic E-state index is 0.487. The summed E-state index contributed by atoms with van der Waals surface area (Å²) in [5.74, 6) is 0. The molecule has 0 atom stereocenters. The highest BCUT2D eigenvalue weighted by Crippen LogP contribution is 2.38. The molecular formula is C17H16IN3. The van der Waals surface area contributed by atoms with E-state index in [9.17, 15) is 0 Å². The molecule has 2 aromatic carbocycles. The Kier molecular flexibility index (Phi) is 3.63. The van der Waals surface area contributed by atoms with Crippen molar-refractivity contribution in [2.24, 2.45) is 11.5 Å². The van der Waals surface area contributed by atoms with E-state index in [0.29, 0.717) is 11.4 Å². The second-order valence-electron chi connectivity index (χ2n) is 5.01. The molecule has 3 rings (SSSR count). The second-order valence-corrected chi connectivity index (χ2v) is 6.17. The van der Waals surface area contributed by atoms with Gasteiger partial charge in [0.25, 0.3) is 0 Å². The maximum atomic E-state index is 6.44. The SMILES string of the molecule is C=C(N)/C1=C(\N)c2ccccc2CN(I)c2ccccc21. The van der Waals surface area contributed by atoms with E-state index in [1.165, 1.54) is 5.56 Å². The minimum Gasteiger partial charge on any atom is -0.399 e. The van der Waals surface area contributed by atoms with Gasteiger partial charge in [0.05, 0.1) is 35.1 Å². The molecule has 0 amide bonds. The van der Waals surface area contributed by atoms with Gasteiger partial charge < -0.3 is 14.6 Å². The topological polar surface area (TPSA) is 55.3 Å². The zero-order valence-corrected chi connectivity index (χ0v) is 13.7. The standard InChI is InChI=1S/C17H16IN3/c1-11(19)16-14-8-4-5-9-15(14)21(18)10-12-6-2-3-7-13(12)17(16)20/h2-9H,1,10,19-20H2/b17-16+. The van der Waals surface area contributed by atoms with Gasteiger partial charge in [-0.1, -0.05) is 49.0 Å². The lowest BCUT2D eigenvalue weighted by Gasteiger charge is -2.27. The zero-order chi connectivity index (χ0) is 15.0. The van der Waals surface area contributed by atoms with Gasteiger partial charge in [-0.2, -0.15) is 0 Å². The summed E-state index contributed by atoms with van der Waals surface area (Å²) in [5, 5.41) is 0. The predicted molar refractivity (Wildman–Crippen MR) is 97.4 cm³/mol. The van der Waals surface area contributed by atoms with E-state index < -0.39 is 0 Å². The number of benzene rings is 2. The van der Waals surface area contributed by atoms with Crippen LogP contribution in [0.4, 0.5) is 5.69 Å². The number of nitrogens with zero attached hydrogens (tertiary/aromatic N) is 1. The molecule has 0 saturated heterocycles. The summed E-state index contributed by atoms with van der Waals surface area (Å²) in [6.45, 7) is 4.71. The molecule has 4 N–H and O–H groups in total. The van der Waals surface area contributed by atoms with E-state index in [2.05, 4.69) is 44.7 Å². The van der Waals surface area contributed by atoms with E-state index in [0.717, 1.165) is 28.9 Å². The number of hydrogen-bond donors (Lipinski definition) is 2. The van der Waals surface area contributed by atoms with Gasteiger partial charge in [0.15, 0.2) is 0 Å². The quantitative estimate of drug-likeness (QED) is 0.578. The van der Waals surface area contributed by atoms with Crippen molar-refractivity contribution in [1.82, 2.24) is 0 Å². The summed E-state index contributed by atoms with van der Waals surface area (Å²) in [4.78, 5) is 0. The lowest BCUT2D eigenvalue weighted by atomic mass is 9.92. The average molecular weight is 389 g/mol. The largest absolute Gasteiger partial charge is 0.399 e. The molecule has 4 heteroatoms. The van der Waals surface area contributed by atoms with E-state index in [-0.39, 0.29) is 0 Å². The van der Waals surface area contributed by atoms with Crippen molar-refractivity contribution in [3.8, 4) is 0 Å². The fourth-order valence-corrected chi connectivity index (χ4v) is 3.47. The van der Waals surface area contributed by atoms with Crippen molar-refractivity contribution in [3.63, 3.8) is 0 Å². The van der Waals surface area contributed by atoms with Crippen molar-refractivity contribution in [2.75, 3.05) is 3.11 Å². The average Bonchev–Trinajstić information content (AvgIpc) is 2.47. The molecule has 0 bridgehead atoms. The molecule has 0 unspecified atom stereocenters. The summed E-state index contributed by atoms with van der Waals surface area (Å²) >= 11 is 2.33. The molecule has 0 radical (unpaired) electrons. The molecule has 0 saturated carbocycles. The number of rotatable bonds is 1. The van der Waals surface area contributed by atoms with Gasteiger partial charge in [-0.3, -0.25) is 0 Å². The lowest BCUT2D eigenvalue weighted by molar-refractivity contribution is 1.07. The fraction of sp³-hybridized carbons (Fsp3) is 0.0588. The Hall–Kier alpha value is -1.95. The third-order valence-corrected chi connectivity index (χ3v) is 4.50. The van der Waals surface area contributed by atoms with Crippen LogP contribution in [0.5, 0.6) is 0 Å². The van der Waals surface area contributed by atoms with Crippen LogP contribution in [0.3, 0.4) is 0 Å². The van der Waals surface area contributed by atoms with E-state index >= 15 is 0 Å². The Morgan fingerprint density at radius 3 is 2.38 bits per heavy atom. The van der Waals surface area contributed by atoms with Crippen molar-refractivity contribution in [3.05, 3.63) is 77.5 Å². The first-order valence-corrected chi connectivity index (χ1v) is 7.61. The lowest BCUT2D eigenvalue weighted by Crippen LogP contribution is -2.18. The molecule has 21 heavy (non-hydrogen) atoms. The Labute approximate surface area is 138 Å². The van der Waals surface area contributed by atoms with Gasteiger partial charge >= 0.3 is 0 Å². The fourth-order valence-electron chi connectivity index (χ4n) is 2.68. The number of anilines is 1. The molecular weight excluding hydrogens is 373 g/mol. The normalized spacial score (nSPS) is 17.5. The van der Waals surface area contributed by atoms with Crippen LogP contribution in [-0.2, 0) is 6.54 Å². The van der Waals surface area contributed by atoms with Crippen molar-refractivity contribution < 1.29 is 0 Å². The highest BCUT2D eigenvalue weighted by atomic mass is 127. The van der Waals surface area contributed by atoms with E-state index in [1.807, 2.05) is 36.4 Å². The van der Waals surface area contributed by atoms with Gasteiger partial charge in [-0.25, -0.2) is 0 Å². The minimum absolute atomic E-state index is 0.487. The van der Waals surface area contributed by atoms with E-state index in [1.54, 1.807) is 0 Å². The molecule has 3 nitrogen and oxygen atoms in total. The molecule has 0 fully saturated rings. The highest BCUT2D eigenvalue weighted by molar-refractivity contribution is 14.1. The summed E-state index contributed by atoms with van der Waals surface area (Å²) in [5.41, 5.74) is 18.8. The van der Waals surface area contributed by atoms with Crippen molar-refractivity contribution >= 4 is 39.8 Å². The second kappa shape index (κ2) is 5.44. The van der Waals surface area contributed by atoms with Gasteiger partial charge in [-0.15, -0.1) is 0 Å². The third kappa shape index (κ3) is 2.40. The van der Waals surface area contributed by atoms with E-state index in [4.69, 9.17) is 11.5 Å². The van der Waals surface area contributed by atoms with Crippen LogP contribution in [0.15, 0.2) is 60.8 Å². The predicted octanol–water partition coefficient (Wildman–Crippen LogP) is 3.66. The molecule has 0 spiro atoms.